The zero-order chi connectivity index (χ0) is 12.3. The second-order valence-corrected chi connectivity index (χ2v) is 6.44. The van der Waals surface area contributed by atoms with E-state index >= 15 is 0 Å². The molecule has 100 valence electrons. The molecule has 0 aromatic carbocycles. The van der Waals surface area contributed by atoms with E-state index < -0.39 is 0 Å². The summed E-state index contributed by atoms with van der Waals surface area (Å²) in [5.74, 6) is 0. The van der Waals surface area contributed by atoms with E-state index in [1.54, 1.807) is 0 Å². The van der Waals surface area contributed by atoms with Crippen molar-refractivity contribution >= 4 is 0 Å². The van der Waals surface area contributed by atoms with Crippen LogP contribution in [0, 0.1) is 0 Å². The van der Waals surface area contributed by atoms with Crippen LogP contribution in [0.1, 0.15) is 46.5 Å². The first-order valence-electron chi connectivity index (χ1n) is 7.17. The first kappa shape index (κ1) is 13.3. The second kappa shape index (κ2) is 5.68. The summed E-state index contributed by atoms with van der Waals surface area (Å²) in [6.45, 7) is 11.6. The zero-order valence-corrected chi connectivity index (χ0v) is 11.7. The Kier molecular flexibility index (Phi) is 4.45. The molecule has 0 radical (unpaired) electrons. The van der Waals surface area contributed by atoms with E-state index in [0.29, 0.717) is 17.7 Å². The molecular formula is C14H28N2O. The molecule has 2 aliphatic rings. The summed E-state index contributed by atoms with van der Waals surface area (Å²) in [5, 5.41) is 3.39. The monoisotopic (exact) mass is 240 g/mol. The van der Waals surface area contributed by atoms with E-state index in [2.05, 4.69) is 31.0 Å². The molecule has 0 amide bonds. The van der Waals surface area contributed by atoms with Crippen LogP contribution < -0.4 is 5.32 Å². The number of nitrogens with one attached hydrogen (secondary N) is 1. The van der Waals surface area contributed by atoms with Crippen molar-refractivity contribution in [3.63, 3.8) is 0 Å². The smallest absolute Gasteiger partial charge is 0.0603 e. The lowest BCUT2D eigenvalue weighted by atomic mass is 9.99. The van der Waals surface area contributed by atoms with Gasteiger partial charge in [-0.05, 0) is 59.5 Å². The van der Waals surface area contributed by atoms with Crippen molar-refractivity contribution in [1.82, 2.24) is 10.2 Å². The number of hydrogen-bond acceptors (Lipinski definition) is 3. The standard InChI is InChI=1S/C14H28N2O/c1-14(2,3)16-10-6-13(7-11-16)17-12-4-8-15-9-5-12/h12-13,15H,4-11H2,1-3H3. The minimum atomic E-state index is 0.319. The molecule has 0 aromatic rings. The third-order valence-corrected chi connectivity index (χ3v) is 4.06. The Morgan fingerprint density at radius 3 is 2.00 bits per heavy atom. The van der Waals surface area contributed by atoms with Crippen molar-refractivity contribution in [2.75, 3.05) is 26.2 Å². The minimum Gasteiger partial charge on any atom is -0.375 e. The number of hydrogen-bond donors (Lipinski definition) is 1. The fourth-order valence-electron chi connectivity index (χ4n) is 2.87. The van der Waals surface area contributed by atoms with E-state index in [4.69, 9.17) is 4.74 Å². The fourth-order valence-corrected chi connectivity index (χ4v) is 2.87. The number of piperidine rings is 2. The first-order valence-corrected chi connectivity index (χ1v) is 7.17. The van der Waals surface area contributed by atoms with Gasteiger partial charge in [0.05, 0.1) is 12.2 Å². The van der Waals surface area contributed by atoms with Crippen LogP contribution >= 0.6 is 0 Å². The molecule has 0 bridgehead atoms. The fraction of sp³-hybridized carbons (Fsp3) is 1.00. The molecular weight excluding hydrogens is 212 g/mol. The SMILES string of the molecule is CC(C)(C)N1CCC(OC2CCNCC2)CC1. The van der Waals surface area contributed by atoms with Gasteiger partial charge in [-0.3, -0.25) is 4.90 Å². The molecule has 2 rings (SSSR count). The van der Waals surface area contributed by atoms with Crippen LogP contribution in [0.5, 0.6) is 0 Å². The molecule has 0 unspecified atom stereocenters. The van der Waals surface area contributed by atoms with Gasteiger partial charge in [-0.2, -0.15) is 0 Å². The predicted molar refractivity (Wildman–Crippen MR) is 71.3 cm³/mol. The summed E-state index contributed by atoms with van der Waals surface area (Å²) in [6, 6.07) is 0. The Morgan fingerprint density at radius 2 is 1.47 bits per heavy atom. The Bertz CT molecular complexity index is 223. The number of rotatable bonds is 2. The minimum absolute atomic E-state index is 0.319. The third-order valence-electron chi connectivity index (χ3n) is 4.06. The lowest BCUT2D eigenvalue weighted by molar-refractivity contribution is -0.0628. The molecule has 2 saturated heterocycles. The number of ether oxygens (including phenoxy) is 1. The summed E-state index contributed by atoms with van der Waals surface area (Å²) in [5.41, 5.74) is 0.319. The highest BCUT2D eigenvalue weighted by Gasteiger charge is 2.28. The predicted octanol–water partition coefficient (Wildman–Crippen LogP) is 2.02. The van der Waals surface area contributed by atoms with Gasteiger partial charge in [0.1, 0.15) is 0 Å². The number of nitrogens with zero attached hydrogens (tertiary/aromatic N) is 1. The van der Waals surface area contributed by atoms with Crippen LogP contribution in [0.15, 0.2) is 0 Å². The molecule has 2 aliphatic heterocycles. The third kappa shape index (κ3) is 3.94. The molecule has 0 aliphatic carbocycles. The maximum absolute atomic E-state index is 6.23. The zero-order valence-electron chi connectivity index (χ0n) is 11.7. The van der Waals surface area contributed by atoms with Crippen molar-refractivity contribution in [2.24, 2.45) is 0 Å². The topological polar surface area (TPSA) is 24.5 Å². The van der Waals surface area contributed by atoms with Crippen molar-refractivity contribution in [3.8, 4) is 0 Å². The van der Waals surface area contributed by atoms with E-state index in [1.807, 2.05) is 0 Å². The largest absolute Gasteiger partial charge is 0.375 e. The van der Waals surface area contributed by atoms with Gasteiger partial charge in [-0.15, -0.1) is 0 Å². The average Bonchev–Trinajstić information content (AvgIpc) is 2.30. The first-order chi connectivity index (χ1) is 8.05. The van der Waals surface area contributed by atoms with Crippen LogP contribution in [-0.2, 0) is 4.74 Å². The molecule has 0 atom stereocenters. The van der Waals surface area contributed by atoms with Gasteiger partial charge in [0, 0.05) is 18.6 Å². The highest BCUT2D eigenvalue weighted by molar-refractivity contribution is 4.83. The van der Waals surface area contributed by atoms with Gasteiger partial charge in [-0.25, -0.2) is 0 Å². The van der Waals surface area contributed by atoms with Crippen LogP contribution in [0.4, 0.5) is 0 Å². The molecule has 0 spiro atoms. The van der Waals surface area contributed by atoms with Gasteiger partial charge in [0.25, 0.3) is 0 Å². The summed E-state index contributed by atoms with van der Waals surface area (Å²) >= 11 is 0. The highest BCUT2D eigenvalue weighted by atomic mass is 16.5. The van der Waals surface area contributed by atoms with Crippen LogP contribution in [0.25, 0.3) is 0 Å². The van der Waals surface area contributed by atoms with Gasteiger partial charge in [0.15, 0.2) is 0 Å². The van der Waals surface area contributed by atoms with Crippen LogP contribution in [-0.4, -0.2) is 48.8 Å². The molecule has 2 heterocycles. The maximum Gasteiger partial charge on any atom is 0.0603 e. The average molecular weight is 240 g/mol. The van der Waals surface area contributed by atoms with Gasteiger partial charge in [0.2, 0.25) is 0 Å². The highest BCUT2D eigenvalue weighted by Crippen LogP contribution is 2.23. The Morgan fingerprint density at radius 1 is 0.941 bits per heavy atom. The lowest BCUT2D eigenvalue weighted by Crippen LogP contribution is -2.48. The molecule has 3 nitrogen and oxygen atoms in total. The van der Waals surface area contributed by atoms with Crippen molar-refractivity contribution < 1.29 is 4.74 Å². The van der Waals surface area contributed by atoms with Gasteiger partial charge in [-0.1, -0.05) is 0 Å². The summed E-state index contributed by atoms with van der Waals surface area (Å²) in [6.07, 6.45) is 5.83. The number of likely N-dealkylation sites (tertiary alicyclic amines) is 1. The van der Waals surface area contributed by atoms with Crippen molar-refractivity contribution in [3.05, 3.63) is 0 Å². The Balaban J connectivity index is 1.71. The van der Waals surface area contributed by atoms with Crippen LogP contribution in [0.3, 0.4) is 0 Å². The molecule has 0 saturated carbocycles. The lowest BCUT2D eigenvalue weighted by Gasteiger charge is -2.41. The summed E-state index contributed by atoms with van der Waals surface area (Å²) < 4.78 is 6.23. The molecule has 0 aromatic heterocycles. The normalized spacial score (nSPS) is 26.3. The van der Waals surface area contributed by atoms with Crippen LogP contribution in [0.2, 0.25) is 0 Å². The summed E-state index contributed by atoms with van der Waals surface area (Å²) in [4.78, 5) is 2.58. The van der Waals surface area contributed by atoms with Gasteiger partial charge >= 0.3 is 0 Å². The van der Waals surface area contributed by atoms with Crippen molar-refractivity contribution in [2.45, 2.75) is 64.2 Å². The Hall–Kier alpha value is -0.120. The van der Waals surface area contributed by atoms with Gasteiger partial charge < -0.3 is 10.1 Å². The molecule has 3 heteroatoms. The van der Waals surface area contributed by atoms with E-state index in [9.17, 15) is 0 Å². The summed E-state index contributed by atoms with van der Waals surface area (Å²) in [7, 11) is 0. The maximum atomic E-state index is 6.23. The van der Waals surface area contributed by atoms with E-state index in [0.717, 1.165) is 13.1 Å². The Labute approximate surface area is 106 Å². The molecule has 2 fully saturated rings. The van der Waals surface area contributed by atoms with E-state index in [1.165, 1.54) is 38.8 Å². The van der Waals surface area contributed by atoms with Crippen molar-refractivity contribution in [1.29, 1.82) is 0 Å². The molecule has 1 N–H and O–H groups in total. The molecule has 17 heavy (non-hydrogen) atoms. The quantitative estimate of drug-likeness (QED) is 0.799. The second-order valence-electron chi connectivity index (χ2n) is 6.44. The van der Waals surface area contributed by atoms with E-state index in [-0.39, 0.29) is 0 Å².